The number of nitrogens with one attached hydrogen (secondary N) is 1. The Bertz CT molecular complexity index is 58.9. The molecule has 0 bridgehead atoms. The van der Waals surface area contributed by atoms with Crippen molar-refractivity contribution in [1.29, 1.82) is 0 Å². The molecule has 0 aromatic carbocycles. The molecule has 0 heterocycles. The van der Waals surface area contributed by atoms with E-state index in [1.165, 1.54) is 12.0 Å². The summed E-state index contributed by atoms with van der Waals surface area (Å²) in [5, 5.41) is 10.8. The van der Waals surface area contributed by atoms with Gasteiger partial charge in [-0.2, -0.15) is 23.3 Å². The van der Waals surface area contributed by atoms with Gasteiger partial charge in [-0.25, -0.2) is 0 Å². The smallest absolute Gasteiger partial charge is 0.0129 e. The van der Waals surface area contributed by atoms with Crippen molar-refractivity contribution in [3.63, 3.8) is 0 Å². The van der Waals surface area contributed by atoms with Crippen molar-refractivity contribution in [3.8, 4) is 0 Å². The summed E-state index contributed by atoms with van der Waals surface area (Å²) in [7, 11) is 0. The Labute approximate surface area is 61.5 Å². The number of hydrazone groups is 1. The van der Waals surface area contributed by atoms with Crippen molar-refractivity contribution in [2.24, 2.45) is 5.10 Å². The molecule has 0 fully saturated rings. The molecule has 4 heteroatoms. The molecule has 9 heavy (non-hydrogen) atoms. The van der Waals surface area contributed by atoms with Gasteiger partial charge < -0.3 is 0 Å². The third kappa shape index (κ3) is 33.6. The van der Waals surface area contributed by atoms with Crippen LogP contribution in [0.4, 0.5) is 0 Å². The Balaban J connectivity index is 0. The summed E-state index contributed by atoms with van der Waals surface area (Å²) < 4.78 is 0. The number of hydrogen-bond acceptors (Lipinski definition) is 4. The lowest BCUT2D eigenvalue weighted by Crippen LogP contribution is -1.90. The topological polar surface area (TPSA) is 44.6 Å². The second-order valence-corrected chi connectivity index (χ2v) is 2.40. The minimum Gasteiger partial charge on any atom is -0.274 e. The van der Waals surface area contributed by atoms with Gasteiger partial charge in [0.15, 0.2) is 0 Å². The van der Waals surface area contributed by atoms with E-state index in [1.54, 1.807) is 0 Å². The fourth-order valence-corrected chi connectivity index (χ4v) is 0. The number of nitrogens with zero attached hydrogens (tertiary/aromatic N) is 1. The van der Waals surface area contributed by atoms with Crippen LogP contribution in [0.1, 0.15) is 20.3 Å². The quantitative estimate of drug-likeness (QED) is 0.315. The molecule has 0 aliphatic rings. The first-order valence-corrected chi connectivity index (χ1v) is 3.23. The minimum atomic E-state index is 0.579. The highest BCUT2D eigenvalue weighted by atomic mass is 32.1. The van der Waals surface area contributed by atoms with Gasteiger partial charge >= 0.3 is 0 Å². The van der Waals surface area contributed by atoms with Gasteiger partial charge in [-0.1, -0.05) is 13.8 Å². The maximum Gasteiger partial charge on any atom is 0.0129 e. The molecular weight excluding hydrogens is 136 g/mol. The van der Waals surface area contributed by atoms with Crippen molar-refractivity contribution in [3.05, 3.63) is 0 Å². The zero-order valence-corrected chi connectivity index (χ0v) is 6.73. The van der Waals surface area contributed by atoms with Crippen LogP contribution in [0.3, 0.4) is 0 Å². The highest BCUT2D eigenvalue weighted by Crippen LogP contribution is 1.94. The number of thiol groups is 1. The van der Waals surface area contributed by atoms with E-state index in [0.717, 1.165) is 0 Å². The van der Waals surface area contributed by atoms with E-state index in [-0.39, 0.29) is 0 Å². The maximum absolute atomic E-state index is 7.40. The van der Waals surface area contributed by atoms with Gasteiger partial charge in [-0.3, -0.25) is 5.21 Å². The van der Waals surface area contributed by atoms with E-state index < -0.39 is 0 Å². The summed E-state index contributed by atoms with van der Waals surface area (Å²) in [6.07, 6.45) is 1.17. The van der Waals surface area contributed by atoms with Crippen LogP contribution in [0.25, 0.3) is 0 Å². The Morgan fingerprint density at radius 3 is 2.11 bits per heavy atom. The van der Waals surface area contributed by atoms with Gasteiger partial charge in [0.05, 0.1) is 0 Å². The fourth-order valence-electron chi connectivity index (χ4n) is 0. The molecule has 0 spiro atoms. The molecule has 0 saturated heterocycles. The van der Waals surface area contributed by atoms with Crippen LogP contribution in [0.2, 0.25) is 0 Å². The molecule has 0 rings (SSSR count). The first kappa shape index (κ1) is 11.6. The highest BCUT2D eigenvalue weighted by Gasteiger charge is 1.81. The van der Waals surface area contributed by atoms with E-state index in [2.05, 4.69) is 38.3 Å². The van der Waals surface area contributed by atoms with Crippen LogP contribution < -0.4 is 5.59 Å². The van der Waals surface area contributed by atoms with E-state index in [4.69, 9.17) is 5.21 Å². The SMILES string of the molecule is C=NNO.CCC(C)S. The summed E-state index contributed by atoms with van der Waals surface area (Å²) >= 11 is 4.10. The van der Waals surface area contributed by atoms with E-state index in [0.29, 0.717) is 5.25 Å². The van der Waals surface area contributed by atoms with Crippen molar-refractivity contribution in [2.45, 2.75) is 25.5 Å². The molecule has 0 saturated carbocycles. The molecule has 0 radical (unpaired) electrons. The Morgan fingerprint density at radius 2 is 2.11 bits per heavy atom. The molecule has 0 aliphatic carbocycles. The first-order valence-electron chi connectivity index (χ1n) is 2.71. The second kappa shape index (κ2) is 10.7. The predicted molar refractivity (Wildman–Crippen MR) is 43.2 cm³/mol. The fraction of sp³-hybridized carbons (Fsp3) is 0.800. The molecular formula is C5H14N2OS. The number of hydrogen-bond donors (Lipinski definition) is 3. The third-order valence-electron chi connectivity index (χ3n) is 0.662. The summed E-state index contributed by atoms with van der Waals surface area (Å²) in [4.78, 5) is 0. The van der Waals surface area contributed by atoms with Crippen molar-refractivity contribution in [1.82, 2.24) is 5.59 Å². The molecule has 0 aromatic heterocycles. The monoisotopic (exact) mass is 150 g/mol. The summed E-state index contributed by atoms with van der Waals surface area (Å²) in [5.74, 6) is 0. The zero-order chi connectivity index (χ0) is 7.70. The molecule has 0 aromatic rings. The Morgan fingerprint density at radius 1 is 1.89 bits per heavy atom. The Hall–Kier alpha value is -0.220. The van der Waals surface area contributed by atoms with Crippen LogP contribution in [-0.2, 0) is 0 Å². The van der Waals surface area contributed by atoms with Gasteiger partial charge in [0, 0.05) is 6.72 Å². The molecule has 1 atom stereocenters. The van der Waals surface area contributed by atoms with Crippen molar-refractivity contribution in [2.75, 3.05) is 0 Å². The van der Waals surface area contributed by atoms with Crippen molar-refractivity contribution >= 4 is 19.3 Å². The molecule has 2 N–H and O–H groups in total. The maximum atomic E-state index is 7.40. The largest absolute Gasteiger partial charge is 0.274 e. The predicted octanol–water partition coefficient (Wildman–Crippen LogP) is 1.30. The van der Waals surface area contributed by atoms with Gasteiger partial charge in [0.2, 0.25) is 0 Å². The summed E-state index contributed by atoms with van der Waals surface area (Å²) in [6.45, 7) is 7.08. The zero-order valence-electron chi connectivity index (χ0n) is 5.83. The third-order valence-corrected chi connectivity index (χ3v) is 1.03. The van der Waals surface area contributed by atoms with Crippen LogP contribution in [0, 0.1) is 0 Å². The average Bonchev–Trinajstić information content (AvgIpc) is 1.89. The lowest BCUT2D eigenvalue weighted by molar-refractivity contribution is 0.173. The lowest BCUT2D eigenvalue weighted by atomic mass is 10.4. The Kier molecular flexibility index (Phi) is 13.8. The number of rotatable bonds is 2. The van der Waals surface area contributed by atoms with E-state index in [9.17, 15) is 0 Å². The average molecular weight is 150 g/mol. The summed E-state index contributed by atoms with van der Waals surface area (Å²) in [6, 6.07) is 0. The van der Waals surface area contributed by atoms with Gasteiger partial charge in [-0.15, -0.1) is 0 Å². The lowest BCUT2D eigenvalue weighted by Gasteiger charge is -1.89. The van der Waals surface area contributed by atoms with Gasteiger partial charge in [0.1, 0.15) is 0 Å². The van der Waals surface area contributed by atoms with Gasteiger partial charge in [0.25, 0.3) is 0 Å². The van der Waals surface area contributed by atoms with Crippen LogP contribution in [0.5, 0.6) is 0 Å². The first-order chi connectivity index (χ1) is 4.18. The molecule has 0 amide bonds. The van der Waals surface area contributed by atoms with Crippen LogP contribution in [0.15, 0.2) is 5.10 Å². The van der Waals surface area contributed by atoms with E-state index >= 15 is 0 Å². The minimum absolute atomic E-state index is 0.579. The molecule has 1 unspecified atom stereocenters. The van der Waals surface area contributed by atoms with E-state index in [1.807, 2.05) is 0 Å². The normalized spacial score (nSPS) is 10.7. The van der Waals surface area contributed by atoms with Gasteiger partial charge in [-0.05, 0) is 11.7 Å². The highest BCUT2D eigenvalue weighted by molar-refractivity contribution is 7.80. The van der Waals surface area contributed by atoms with Crippen molar-refractivity contribution < 1.29 is 5.21 Å². The molecule has 56 valence electrons. The summed E-state index contributed by atoms with van der Waals surface area (Å²) in [5.41, 5.74) is 1.44. The molecule has 3 nitrogen and oxygen atoms in total. The van der Waals surface area contributed by atoms with Crippen LogP contribution in [-0.4, -0.2) is 17.2 Å². The van der Waals surface area contributed by atoms with Crippen LogP contribution >= 0.6 is 12.6 Å². The second-order valence-electron chi connectivity index (χ2n) is 1.52. The standard InChI is InChI=1S/C4H10S.CH4N2O/c1-3-4(2)5;1-2-3-4/h4-5H,3H2,1-2H3;3-4H,1H2. The molecule has 0 aliphatic heterocycles.